The maximum absolute atomic E-state index is 5.68. The quantitative estimate of drug-likeness (QED) is 0.414. The Morgan fingerprint density at radius 2 is 1.67 bits per heavy atom. The van der Waals surface area contributed by atoms with Crippen LogP contribution in [0.15, 0.2) is 60.8 Å². The van der Waals surface area contributed by atoms with Gasteiger partial charge in [0.05, 0.1) is 11.7 Å². The van der Waals surface area contributed by atoms with Gasteiger partial charge in [0, 0.05) is 24.5 Å². The summed E-state index contributed by atoms with van der Waals surface area (Å²) in [7, 11) is 0. The minimum absolute atomic E-state index is 0.0456. The number of hydrogen-bond donors (Lipinski definition) is 4. The molecule has 1 aliphatic carbocycles. The van der Waals surface area contributed by atoms with Crippen LogP contribution in [-0.2, 0) is 13.0 Å². The van der Waals surface area contributed by atoms with Gasteiger partial charge in [0.1, 0.15) is 0 Å². The van der Waals surface area contributed by atoms with Gasteiger partial charge in [0.25, 0.3) is 0 Å². The second-order valence-corrected chi connectivity index (χ2v) is 7.84. The average molecular weight is 403 g/mol. The lowest BCUT2D eigenvalue weighted by Crippen LogP contribution is -2.25. The number of nitrogens with two attached hydrogens (primary N) is 2. The van der Waals surface area contributed by atoms with E-state index in [2.05, 4.69) is 39.9 Å². The standard InChI is InChI=1S/C24H30N6/c25-14-1-2-17-3-7-19(8-4-17)23(28-20-11-12-20)22-13-15-27-24(30-22)29-21-9-5-18(16-26)6-10-21/h3-10,13,15,20,23,28H,1-2,11-12,14,16,25-26H2,(H,27,29,30). The maximum atomic E-state index is 5.68. The fraction of sp³-hybridized carbons (Fsp3) is 0.333. The Labute approximate surface area is 178 Å². The summed E-state index contributed by atoms with van der Waals surface area (Å²) in [6.07, 6.45) is 6.28. The molecule has 6 nitrogen and oxygen atoms in total. The van der Waals surface area contributed by atoms with Crippen LogP contribution in [0.1, 0.15) is 47.7 Å². The molecule has 1 aromatic heterocycles. The molecule has 156 valence electrons. The smallest absolute Gasteiger partial charge is 0.227 e. The van der Waals surface area contributed by atoms with Crippen molar-refractivity contribution in [3.05, 3.63) is 83.2 Å². The van der Waals surface area contributed by atoms with Crippen molar-refractivity contribution < 1.29 is 0 Å². The van der Waals surface area contributed by atoms with Crippen molar-refractivity contribution in [2.75, 3.05) is 11.9 Å². The van der Waals surface area contributed by atoms with Gasteiger partial charge in [-0.3, -0.25) is 0 Å². The molecular weight excluding hydrogens is 372 g/mol. The first-order chi connectivity index (χ1) is 14.7. The van der Waals surface area contributed by atoms with Gasteiger partial charge in [-0.05, 0) is 67.1 Å². The summed E-state index contributed by atoms with van der Waals surface area (Å²) >= 11 is 0. The van der Waals surface area contributed by atoms with Gasteiger partial charge in [0.15, 0.2) is 0 Å². The van der Waals surface area contributed by atoms with Crippen molar-refractivity contribution >= 4 is 11.6 Å². The van der Waals surface area contributed by atoms with Crippen LogP contribution < -0.4 is 22.1 Å². The molecule has 6 N–H and O–H groups in total. The first-order valence-corrected chi connectivity index (χ1v) is 10.7. The zero-order chi connectivity index (χ0) is 20.8. The molecule has 0 bridgehead atoms. The van der Waals surface area contributed by atoms with Gasteiger partial charge in [-0.2, -0.15) is 0 Å². The zero-order valence-corrected chi connectivity index (χ0v) is 17.2. The molecule has 0 radical (unpaired) electrons. The van der Waals surface area contributed by atoms with E-state index in [9.17, 15) is 0 Å². The van der Waals surface area contributed by atoms with Gasteiger partial charge in [-0.25, -0.2) is 9.97 Å². The van der Waals surface area contributed by atoms with Crippen LogP contribution >= 0.6 is 0 Å². The first-order valence-electron chi connectivity index (χ1n) is 10.7. The van der Waals surface area contributed by atoms with Gasteiger partial charge in [-0.15, -0.1) is 0 Å². The van der Waals surface area contributed by atoms with E-state index in [0.29, 0.717) is 18.5 Å². The maximum Gasteiger partial charge on any atom is 0.227 e. The van der Waals surface area contributed by atoms with Crippen molar-refractivity contribution in [3.63, 3.8) is 0 Å². The average Bonchev–Trinajstić information content (AvgIpc) is 3.61. The van der Waals surface area contributed by atoms with Gasteiger partial charge in [0.2, 0.25) is 5.95 Å². The number of benzene rings is 2. The van der Waals surface area contributed by atoms with Gasteiger partial charge >= 0.3 is 0 Å². The molecule has 4 rings (SSSR count). The first kappa shape index (κ1) is 20.5. The molecule has 1 atom stereocenters. The van der Waals surface area contributed by atoms with Crippen LogP contribution in [0, 0.1) is 0 Å². The van der Waals surface area contributed by atoms with Crippen LogP contribution in [0.3, 0.4) is 0 Å². The van der Waals surface area contributed by atoms with Crippen molar-refractivity contribution in [2.24, 2.45) is 11.5 Å². The van der Waals surface area contributed by atoms with Crippen molar-refractivity contribution in [1.82, 2.24) is 15.3 Å². The number of hydrogen-bond acceptors (Lipinski definition) is 6. The summed E-state index contributed by atoms with van der Waals surface area (Å²) in [6, 6.07) is 19.4. The molecule has 1 aliphatic rings. The largest absolute Gasteiger partial charge is 0.330 e. The normalized spacial score (nSPS) is 14.5. The number of aromatic nitrogens is 2. The van der Waals surface area contributed by atoms with E-state index in [0.717, 1.165) is 36.3 Å². The molecule has 0 spiro atoms. The monoisotopic (exact) mass is 402 g/mol. The highest BCUT2D eigenvalue weighted by molar-refractivity contribution is 5.53. The molecule has 1 fully saturated rings. The predicted octanol–water partition coefficient (Wildman–Crippen LogP) is 3.41. The van der Waals surface area contributed by atoms with E-state index < -0.39 is 0 Å². The molecule has 1 unspecified atom stereocenters. The third kappa shape index (κ3) is 5.42. The molecule has 6 heteroatoms. The Morgan fingerprint density at radius 1 is 0.933 bits per heavy atom. The minimum atomic E-state index is 0.0456. The Morgan fingerprint density at radius 3 is 2.33 bits per heavy atom. The van der Waals surface area contributed by atoms with Crippen molar-refractivity contribution in [3.8, 4) is 0 Å². The third-order valence-corrected chi connectivity index (χ3v) is 5.38. The molecule has 0 amide bonds. The molecule has 1 heterocycles. The Bertz CT molecular complexity index is 935. The lowest BCUT2D eigenvalue weighted by atomic mass is 10.00. The minimum Gasteiger partial charge on any atom is -0.330 e. The summed E-state index contributed by atoms with van der Waals surface area (Å²) < 4.78 is 0. The zero-order valence-electron chi connectivity index (χ0n) is 17.2. The lowest BCUT2D eigenvalue weighted by molar-refractivity contribution is 0.587. The van der Waals surface area contributed by atoms with Crippen molar-refractivity contribution in [1.29, 1.82) is 0 Å². The summed E-state index contributed by atoms with van der Waals surface area (Å²) in [6.45, 7) is 1.26. The Hall–Kier alpha value is -2.80. The second-order valence-electron chi connectivity index (χ2n) is 7.84. The number of nitrogens with zero attached hydrogens (tertiary/aromatic N) is 2. The molecular formula is C24H30N6. The number of anilines is 2. The summed E-state index contributed by atoms with van der Waals surface area (Å²) in [5.41, 5.74) is 16.9. The van der Waals surface area contributed by atoms with E-state index in [4.69, 9.17) is 16.5 Å². The van der Waals surface area contributed by atoms with Crippen LogP contribution in [0.4, 0.5) is 11.6 Å². The second kappa shape index (κ2) is 9.80. The highest BCUT2D eigenvalue weighted by Crippen LogP contribution is 2.29. The van der Waals surface area contributed by atoms with E-state index in [1.54, 1.807) is 0 Å². The van der Waals surface area contributed by atoms with Crippen LogP contribution in [0.25, 0.3) is 0 Å². The highest BCUT2D eigenvalue weighted by Gasteiger charge is 2.27. The molecule has 0 aliphatic heterocycles. The third-order valence-electron chi connectivity index (χ3n) is 5.38. The summed E-state index contributed by atoms with van der Waals surface area (Å²) in [5, 5.41) is 7.04. The topological polar surface area (TPSA) is 102 Å². The fourth-order valence-corrected chi connectivity index (χ4v) is 3.47. The summed E-state index contributed by atoms with van der Waals surface area (Å²) in [4.78, 5) is 9.22. The number of nitrogens with one attached hydrogen (secondary N) is 2. The number of rotatable bonds is 10. The molecule has 2 aromatic carbocycles. The van der Waals surface area contributed by atoms with Crippen LogP contribution in [0.2, 0.25) is 0 Å². The molecule has 0 saturated heterocycles. The highest BCUT2D eigenvalue weighted by atomic mass is 15.1. The Kier molecular flexibility index (Phi) is 6.69. The lowest BCUT2D eigenvalue weighted by Gasteiger charge is -2.20. The van der Waals surface area contributed by atoms with E-state index in [1.807, 2.05) is 36.5 Å². The Balaban J connectivity index is 1.54. The van der Waals surface area contributed by atoms with E-state index in [-0.39, 0.29) is 6.04 Å². The molecule has 1 saturated carbocycles. The summed E-state index contributed by atoms with van der Waals surface area (Å²) in [5.74, 6) is 0.593. The van der Waals surface area contributed by atoms with E-state index >= 15 is 0 Å². The van der Waals surface area contributed by atoms with Crippen molar-refractivity contribution in [2.45, 2.75) is 44.3 Å². The number of aryl methyl sites for hydroxylation is 1. The van der Waals surface area contributed by atoms with Crippen LogP contribution in [0.5, 0.6) is 0 Å². The SMILES string of the molecule is NCCCc1ccc(C(NC2CC2)c2ccnc(Nc3ccc(CN)cc3)n2)cc1. The predicted molar refractivity (Wildman–Crippen MR) is 121 cm³/mol. The van der Waals surface area contributed by atoms with Gasteiger partial charge in [-0.1, -0.05) is 36.4 Å². The molecule has 30 heavy (non-hydrogen) atoms. The van der Waals surface area contributed by atoms with Crippen LogP contribution in [-0.4, -0.2) is 22.6 Å². The fourth-order valence-electron chi connectivity index (χ4n) is 3.47. The molecule has 3 aromatic rings. The van der Waals surface area contributed by atoms with E-state index in [1.165, 1.54) is 24.0 Å². The van der Waals surface area contributed by atoms with Gasteiger partial charge < -0.3 is 22.1 Å².